The third-order valence-corrected chi connectivity index (χ3v) is 3.13. The molecule has 1 unspecified atom stereocenters. The minimum absolute atomic E-state index is 0.565. The standard InChI is InChI=1S/C16H27NO/c1-5-14(4)17-12-15-7-6-8-16(11-15)18-10-9-13(2)3/h6-8,11,13-14,17H,5,9-10,12H2,1-4H3. The Bertz CT molecular complexity index is 336. The van der Waals surface area contributed by atoms with E-state index in [1.807, 2.05) is 6.07 Å². The van der Waals surface area contributed by atoms with E-state index in [9.17, 15) is 0 Å². The van der Waals surface area contributed by atoms with Gasteiger partial charge in [0.15, 0.2) is 0 Å². The van der Waals surface area contributed by atoms with E-state index in [4.69, 9.17) is 4.74 Å². The molecule has 0 saturated carbocycles. The molecule has 1 aromatic rings. The molecule has 0 saturated heterocycles. The van der Waals surface area contributed by atoms with Gasteiger partial charge in [-0.2, -0.15) is 0 Å². The Morgan fingerprint density at radius 1 is 1.22 bits per heavy atom. The Hall–Kier alpha value is -1.02. The van der Waals surface area contributed by atoms with Crippen molar-refractivity contribution in [2.45, 2.75) is 53.1 Å². The van der Waals surface area contributed by atoms with Gasteiger partial charge in [-0.3, -0.25) is 0 Å². The molecule has 0 aliphatic rings. The molecule has 102 valence electrons. The molecule has 0 spiro atoms. The summed E-state index contributed by atoms with van der Waals surface area (Å²) < 4.78 is 5.76. The van der Waals surface area contributed by atoms with Crippen LogP contribution in [0.2, 0.25) is 0 Å². The molecule has 0 amide bonds. The van der Waals surface area contributed by atoms with Crippen LogP contribution in [-0.2, 0) is 6.54 Å². The number of hydrogen-bond donors (Lipinski definition) is 1. The SMILES string of the molecule is CCC(C)NCc1cccc(OCCC(C)C)c1. The first-order chi connectivity index (χ1) is 8.61. The van der Waals surface area contributed by atoms with E-state index < -0.39 is 0 Å². The lowest BCUT2D eigenvalue weighted by atomic mass is 10.1. The van der Waals surface area contributed by atoms with E-state index >= 15 is 0 Å². The monoisotopic (exact) mass is 249 g/mol. The lowest BCUT2D eigenvalue weighted by molar-refractivity contribution is 0.289. The Balaban J connectivity index is 2.41. The molecule has 1 atom stereocenters. The fraction of sp³-hybridized carbons (Fsp3) is 0.625. The van der Waals surface area contributed by atoms with Crippen molar-refractivity contribution in [1.29, 1.82) is 0 Å². The minimum atomic E-state index is 0.565. The second kappa shape index (κ2) is 8.15. The average Bonchev–Trinajstić information content (AvgIpc) is 2.36. The predicted molar refractivity (Wildman–Crippen MR) is 78.0 cm³/mol. The van der Waals surface area contributed by atoms with E-state index in [0.717, 1.165) is 31.7 Å². The first-order valence-electron chi connectivity index (χ1n) is 7.07. The summed E-state index contributed by atoms with van der Waals surface area (Å²) in [5.74, 6) is 1.68. The van der Waals surface area contributed by atoms with Crippen LogP contribution in [0.5, 0.6) is 5.75 Å². The summed E-state index contributed by atoms with van der Waals surface area (Å²) in [5, 5.41) is 3.49. The summed E-state index contributed by atoms with van der Waals surface area (Å²) in [6.45, 7) is 10.6. The minimum Gasteiger partial charge on any atom is -0.494 e. The molecule has 0 radical (unpaired) electrons. The van der Waals surface area contributed by atoms with Crippen LogP contribution < -0.4 is 10.1 Å². The fourth-order valence-electron chi connectivity index (χ4n) is 1.59. The fourth-order valence-corrected chi connectivity index (χ4v) is 1.59. The van der Waals surface area contributed by atoms with Gasteiger partial charge in [-0.25, -0.2) is 0 Å². The molecule has 0 aliphatic carbocycles. The van der Waals surface area contributed by atoms with Crippen LogP contribution in [0.1, 0.15) is 46.1 Å². The number of nitrogens with one attached hydrogen (secondary N) is 1. The van der Waals surface area contributed by atoms with Gasteiger partial charge in [-0.05, 0) is 43.4 Å². The Labute approximate surface area is 112 Å². The van der Waals surface area contributed by atoms with Crippen LogP contribution in [0.15, 0.2) is 24.3 Å². The lowest BCUT2D eigenvalue weighted by Crippen LogP contribution is -2.24. The molecular weight excluding hydrogens is 222 g/mol. The maximum atomic E-state index is 5.76. The molecule has 1 aromatic carbocycles. The topological polar surface area (TPSA) is 21.3 Å². The average molecular weight is 249 g/mol. The molecule has 0 aromatic heterocycles. The zero-order chi connectivity index (χ0) is 13.4. The van der Waals surface area contributed by atoms with Gasteiger partial charge < -0.3 is 10.1 Å². The van der Waals surface area contributed by atoms with Crippen LogP contribution in [0, 0.1) is 5.92 Å². The van der Waals surface area contributed by atoms with E-state index in [-0.39, 0.29) is 0 Å². The van der Waals surface area contributed by atoms with Crippen molar-refractivity contribution in [1.82, 2.24) is 5.32 Å². The van der Waals surface area contributed by atoms with E-state index in [2.05, 4.69) is 51.2 Å². The third-order valence-electron chi connectivity index (χ3n) is 3.13. The first-order valence-corrected chi connectivity index (χ1v) is 7.07. The quantitative estimate of drug-likeness (QED) is 0.752. The Morgan fingerprint density at radius 3 is 2.67 bits per heavy atom. The van der Waals surface area contributed by atoms with Gasteiger partial charge in [0.05, 0.1) is 6.61 Å². The van der Waals surface area contributed by atoms with Gasteiger partial charge in [0.2, 0.25) is 0 Å². The molecule has 0 fully saturated rings. The highest BCUT2D eigenvalue weighted by Gasteiger charge is 2.01. The van der Waals surface area contributed by atoms with Crippen LogP contribution in [0.25, 0.3) is 0 Å². The largest absolute Gasteiger partial charge is 0.494 e. The zero-order valence-electron chi connectivity index (χ0n) is 12.2. The van der Waals surface area contributed by atoms with Crippen molar-refractivity contribution in [3.05, 3.63) is 29.8 Å². The second-order valence-corrected chi connectivity index (χ2v) is 5.37. The number of hydrogen-bond acceptors (Lipinski definition) is 2. The highest BCUT2D eigenvalue weighted by molar-refractivity contribution is 5.28. The van der Waals surface area contributed by atoms with Crippen molar-refractivity contribution in [2.24, 2.45) is 5.92 Å². The predicted octanol–water partition coefficient (Wildman–Crippen LogP) is 4.00. The maximum Gasteiger partial charge on any atom is 0.119 e. The third kappa shape index (κ3) is 6.06. The van der Waals surface area contributed by atoms with Crippen LogP contribution >= 0.6 is 0 Å². The second-order valence-electron chi connectivity index (χ2n) is 5.37. The highest BCUT2D eigenvalue weighted by Crippen LogP contribution is 2.14. The Morgan fingerprint density at radius 2 is 2.00 bits per heavy atom. The molecule has 18 heavy (non-hydrogen) atoms. The van der Waals surface area contributed by atoms with E-state index in [0.29, 0.717) is 12.0 Å². The zero-order valence-corrected chi connectivity index (χ0v) is 12.2. The summed E-state index contributed by atoms with van der Waals surface area (Å²) in [5.41, 5.74) is 1.29. The van der Waals surface area contributed by atoms with Gasteiger partial charge in [0.25, 0.3) is 0 Å². The molecule has 0 bridgehead atoms. The van der Waals surface area contributed by atoms with Gasteiger partial charge in [0.1, 0.15) is 5.75 Å². The van der Waals surface area contributed by atoms with E-state index in [1.54, 1.807) is 0 Å². The summed E-state index contributed by atoms with van der Waals surface area (Å²) in [4.78, 5) is 0. The van der Waals surface area contributed by atoms with Crippen LogP contribution in [0.4, 0.5) is 0 Å². The van der Waals surface area contributed by atoms with Gasteiger partial charge in [-0.1, -0.05) is 32.9 Å². The van der Waals surface area contributed by atoms with Crippen molar-refractivity contribution < 1.29 is 4.74 Å². The van der Waals surface area contributed by atoms with E-state index in [1.165, 1.54) is 5.56 Å². The van der Waals surface area contributed by atoms with Gasteiger partial charge in [0, 0.05) is 12.6 Å². The van der Waals surface area contributed by atoms with Crippen molar-refractivity contribution >= 4 is 0 Å². The summed E-state index contributed by atoms with van der Waals surface area (Å²) in [6.07, 6.45) is 2.26. The molecule has 2 heteroatoms. The van der Waals surface area contributed by atoms with Crippen molar-refractivity contribution in [3.8, 4) is 5.75 Å². The van der Waals surface area contributed by atoms with Crippen molar-refractivity contribution in [3.63, 3.8) is 0 Å². The number of rotatable bonds is 8. The molecule has 0 aliphatic heterocycles. The normalized spacial score (nSPS) is 12.7. The molecule has 2 nitrogen and oxygen atoms in total. The van der Waals surface area contributed by atoms with Gasteiger partial charge >= 0.3 is 0 Å². The summed E-state index contributed by atoms with van der Waals surface area (Å²) >= 11 is 0. The molecule has 0 heterocycles. The molecule has 1 N–H and O–H groups in total. The summed E-state index contributed by atoms with van der Waals surface area (Å²) in [7, 11) is 0. The lowest BCUT2D eigenvalue weighted by Gasteiger charge is -2.12. The van der Waals surface area contributed by atoms with Gasteiger partial charge in [-0.15, -0.1) is 0 Å². The first kappa shape index (κ1) is 15.0. The highest BCUT2D eigenvalue weighted by atomic mass is 16.5. The Kier molecular flexibility index (Phi) is 6.81. The number of ether oxygens (including phenoxy) is 1. The maximum absolute atomic E-state index is 5.76. The van der Waals surface area contributed by atoms with Crippen molar-refractivity contribution in [2.75, 3.05) is 6.61 Å². The smallest absolute Gasteiger partial charge is 0.119 e. The molecule has 1 rings (SSSR count). The van der Waals surface area contributed by atoms with Crippen LogP contribution in [-0.4, -0.2) is 12.6 Å². The molecular formula is C16H27NO. The number of benzene rings is 1. The van der Waals surface area contributed by atoms with Crippen LogP contribution in [0.3, 0.4) is 0 Å². The summed E-state index contributed by atoms with van der Waals surface area (Å²) in [6, 6.07) is 8.95.